The Morgan fingerprint density at radius 3 is 2.53 bits per heavy atom. The molecule has 0 fully saturated rings. The molecule has 0 aliphatic carbocycles. The number of nitrogens with one attached hydrogen (secondary N) is 1. The number of halogens is 2. The minimum Gasteiger partial charge on any atom is -0.480 e. The van der Waals surface area contributed by atoms with Crippen LogP contribution in [0.25, 0.3) is 0 Å². The maximum atomic E-state index is 11.7. The highest BCUT2D eigenvalue weighted by molar-refractivity contribution is 7.20. The molecule has 0 radical (unpaired) electrons. The number of aliphatic carboxylic acids is 1. The minimum absolute atomic E-state index is 0.0729. The number of carboxylic acids is 1. The van der Waals surface area contributed by atoms with E-state index >= 15 is 0 Å². The predicted octanol–water partition coefficient (Wildman–Crippen LogP) is 1.62. The number of thiophene rings is 1. The summed E-state index contributed by atoms with van der Waals surface area (Å²) in [4.78, 5) is 22.4. The largest absolute Gasteiger partial charge is 0.480 e. The van der Waals surface area contributed by atoms with Crippen molar-refractivity contribution < 1.29 is 19.8 Å². The molecule has 0 bridgehead atoms. The highest BCUT2D eigenvalue weighted by atomic mass is 35.5. The summed E-state index contributed by atoms with van der Waals surface area (Å²) in [5, 5.41) is 19.7. The first-order valence-electron chi connectivity index (χ1n) is 4.55. The molecule has 1 atom stereocenters. The van der Waals surface area contributed by atoms with Gasteiger partial charge in [0.1, 0.15) is 10.4 Å². The van der Waals surface area contributed by atoms with Crippen molar-refractivity contribution >= 4 is 46.4 Å². The molecule has 3 N–H and O–H groups in total. The van der Waals surface area contributed by atoms with Crippen molar-refractivity contribution in [2.75, 3.05) is 6.61 Å². The maximum absolute atomic E-state index is 11.7. The fraction of sp³-hybridized carbons (Fsp3) is 0.333. The number of rotatable bonds is 5. The first-order chi connectivity index (χ1) is 7.95. The minimum atomic E-state index is -1.22. The Hall–Kier alpha value is -0.820. The van der Waals surface area contributed by atoms with Gasteiger partial charge < -0.3 is 15.5 Å². The van der Waals surface area contributed by atoms with Crippen LogP contribution < -0.4 is 5.32 Å². The Balaban J connectivity index is 2.77. The van der Waals surface area contributed by atoms with E-state index in [9.17, 15) is 9.59 Å². The lowest BCUT2D eigenvalue weighted by Gasteiger charge is -2.12. The van der Waals surface area contributed by atoms with Crippen molar-refractivity contribution in [3.05, 3.63) is 20.3 Å². The van der Waals surface area contributed by atoms with Gasteiger partial charge in [0.2, 0.25) is 0 Å². The predicted molar refractivity (Wildman–Crippen MR) is 64.9 cm³/mol. The third-order valence-corrected chi connectivity index (χ3v) is 3.41. The Kier molecular flexibility index (Phi) is 5.20. The molecule has 1 aromatic heterocycles. The summed E-state index contributed by atoms with van der Waals surface area (Å²) in [5.41, 5.74) is 0.130. The second-order valence-electron chi connectivity index (χ2n) is 3.11. The van der Waals surface area contributed by atoms with Crippen molar-refractivity contribution in [2.45, 2.75) is 12.5 Å². The molecule has 1 unspecified atom stereocenters. The average Bonchev–Trinajstić information content (AvgIpc) is 2.57. The topological polar surface area (TPSA) is 86.6 Å². The normalized spacial score (nSPS) is 12.2. The van der Waals surface area contributed by atoms with Gasteiger partial charge in [-0.2, -0.15) is 0 Å². The summed E-state index contributed by atoms with van der Waals surface area (Å²) in [6, 6.07) is 0.212. The van der Waals surface area contributed by atoms with E-state index < -0.39 is 17.9 Å². The van der Waals surface area contributed by atoms with Crippen molar-refractivity contribution in [1.82, 2.24) is 5.32 Å². The van der Waals surface area contributed by atoms with Crippen LogP contribution in [0.2, 0.25) is 8.67 Å². The monoisotopic (exact) mass is 297 g/mol. The smallest absolute Gasteiger partial charge is 0.326 e. The lowest BCUT2D eigenvalue weighted by Crippen LogP contribution is -2.41. The van der Waals surface area contributed by atoms with Gasteiger partial charge in [-0.3, -0.25) is 4.79 Å². The van der Waals surface area contributed by atoms with Gasteiger partial charge >= 0.3 is 5.97 Å². The third-order valence-electron chi connectivity index (χ3n) is 1.92. The van der Waals surface area contributed by atoms with Gasteiger partial charge in [0.25, 0.3) is 5.91 Å². The van der Waals surface area contributed by atoms with E-state index in [1.54, 1.807) is 0 Å². The number of carbonyl (C=O) groups is 2. The van der Waals surface area contributed by atoms with E-state index in [2.05, 4.69) is 5.32 Å². The highest BCUT2D eigenvalue weighted by Crippen LogP contribution is 2.31. The molecule has 1 amide bonds. The van der Waals surface area contributed by atoms with Crippen LogP contribution in [0.15, 0.2) is 6.07 Å². The molecule has 5 nitrogen and oxygen atoms in total. The Bertz CT molecular complexity index is 435. The Morgan fingerprint density at radius 1 is 1.47 bits per heavy atom. The van der Waals surface area contributed by atoms with Crippen molar-refractivity contribution in [3.8, 4) is 0 Å². The number of aliphatic hydroxyl groups excluding tert-OH is 1. The van der Waals surface area contributed by atoms with Crippen LogP contribution in [0.5, 0.6) is 0 Å². The Morgan fingerprint density at radius 2 is 2.12 bits per heavy atom. The zero-order chi connectivity index (χ0) is 13.0. The van der Waals surface area contributed by atoms with Crippen molar-refractivity contribution in [3.63, 3.8) is 0 Å². The standard InChI is InChI=1S/C9H9Cl2NO4S/c10-6-3-4(7(11)17-6)8(14)12-5(1-2-13)9(15)16/h3,5,13H,1-2H2,(H,12,14)(H,15,16). The zero-order valence-electron chi connectivity index (χ0n) is 8.44. The summed E-state index contributed by atoms with van der Waals surface area (Å²) >= 11 is 12.4. The number of hydrogen-bond donors (Lipinski definition) is 3. The van der Waals surface area contributed by atoms with Gasteiger partial charge in [-0.25, -0.2) is 4.79 Å². The third kappa shape index (κ3) is 3.85. The molecule has 0 aliphatic rings. The molecule has 17 heavy (non-hydrogen) atoms. The molecule has 1 heterocycles. The molecule has 0 saturated heterocycles. The first-order valence-corrected chi connectivity index (χ1v) is 6.12. The SMILES string of the molecule is O=C(NC(CCO)C(=O)O)c1cc(Cl)sc1Cl. The summed E-state index contributed by atoms with van der Waals surface area (Å²) in [7, 11) is 0. The number of carbonyl (C=O) groups excluding carboxylic acids is 1. The highest BCUT2D eigenvalue weighted by Gasteiger charge is 2.22. The molecule has 1 rings (SSSR count). The van der Waals surface area contributed by atoms with Crippen LogP contribution in [-0.2, 0) is 4.79 Å². The first kappa shape index (κ1) is 14.2. The molecule has 0 spiro atoms. The second-order valence-corrected chi connectivity index (χ2v) is 5.40. The fourth-order valence-electron chi connectivity index (χ4n) is 1.12. The van der Waals surface area contributed by atoms with Crippen molar-refractivity contribution in [1.29, 1.82) is 0 Å². The van der Waals surface area contributed by atoms with Gasteiger partial charge in [0, 0.05) is 13.0 Å². The molecule has 0 aromatic carbocycles. The lowest BCUT2D eigenvalue weighted by molar-refractivity contribution is -0.139. The number of hydrogen-bond acceptors (Lipinski definition) is 4. The van der Waals surface area contributed by atoms with Gasteiger partial charge in [0.15, 0.2) is 0 Å². The number of amides is 1. The molecule has 94 valence electrons. The van der Waals surface area contributed by atoms with Gasteiger partial charge in [-0.15, -0.1) is 11.3 Å². The van der Waals surface area contributed by atoms with Crippen molar-refractivity contribution in [2.24, 2.45) is 0 Å². The molecule has 0 saturated carbocycles. The Labute approximate surface area is 111 Å². The van der Waals surface area contributed by atoms with Crippen LogP contribution >= 0.6 is 34.5 Å². The molecule has 1 aromatic rings. The van der Waals surface area contributed by atoms with E-state index in [-0.39, 0.29) is 22.9 Å². The van der Waals surface area contributed by atoms with Crippen LogP contribution in [0.4, 0.5) is 0 Å². The van der Waals surface area contributed by atoms with Crippen LogP contribution in [-0.4, -0.2) is 34.7 Å². The summed E-state index contributed by atoms with van der Waals surface area (Å²) < 4.78 is 0.537. The van der Waals surface area contributed by atoms with E-state index in [1.165, 1.54) is 6.07 Å². The molecular weight excluding hydrogens is 289 g/mol. The number of aliphatic hydroxyl groups is 1. The molecular formula is C9H9Cl2NO4S. The zero-order valence-corrected chi connectivity index (χ0v) is 10.8. The number of carboxylic acid groups (broad SMARTS) is 1. The van der Waals surface area contributed by atoms with Crippen LogP contribution in [0, 0.1) is 0 Å². The quantitative estimate of drug-likeness (QED) is 0.771. The van der Waals surface area contributed by atoms with Gasteiger partial charge in [-0.1, -0.05) is 23.2 Å². The summed E-state index contributed by atoms with van der Waals surface area (Å²) in [6.07, 6.45) is -0.0729. The van der Waals surface area contributed by atoms with E-state index in [0.29, 0.717) is 4.34 Å². The van der Waals surface area contributed by atoms with Gasteiger partial charge in [-0.05, 0) is 6.07 Å². The van der Waals surface area contributed by atoms with E-state index in [4.69, 9.17) is 33.4 Å². The average molecular weight is 298 g/mol. The van der Waals surface area contributed by atoms with E-state index in [1.807, 2.05) is 0 Å². The van der Waals surface area contributed by atoms with Gasteiger partial charge in [0.05, 0.1) is 9.90 Å². The lowest BCUT2D eigenvalue weighted by atomic mass is 10.2. The fourth-order valence-corrected chi connectivity index (χ4v) is 2.58. The summed E-state index contributed by atoms with van der Waals surface area (Å²) in [6.45, 7) is -0.338. The molecule has 0 aliphatic heterocycles. The van der Waals surface area contributed by atoms with E-state index in [0.717, 1.165) is 11.3 Å². The van der Waals surface area contributed by atoms with Crippen LogP contribution in [0.3, 0.4) is 0 Å². The maximum Gasteiger partial charge on any atom is 0.326 e. The molecule has 8 heteroatoms. The second kappa shape index (κ2) is 6.20. The van der Waals surface area contributed by atoms with Crippen LogP contribution in [0.1, 0.15) is 16.8 Å². The summed E-state index contributed by atoms with van der Waals surface area (Å²) in [5.74, 6) is -1.84.